The summed E-state index contributed by atoms with van der Waals surface area (Å²) in [5, 5.41) is 6.50. The molecule has 3 atom stereocenters. The second kappa shape index (κ2) is 25.4. The highest BCUT2D eigenvalue weighted by Gasteiger charge is 2.40. The number of aromatic nitrogens is 1. The second-order valence-electron chi connectivity index (χ2n) is 26.0. The van der Waals surface area contributed by atoms with Crippen molar-refractivity contribution in [1.29, 1.82) is 0 Å². The van der Waals surface area contributed by atoms with E-state index in [9.17, 15) is 0 Å². The average molecular weight is 1230 g/mol. The van der Waals surface area contributed by atoms with E-state index in [1.54, 1.807) is 0 Å². The molecule has 13 aromatic rings. The van der Waals surface area contributed by atoms with Crippen LogP contribution in [0.25, 0.3) is 117 Å². The Labute approximate surface area is 564 Å². The fraction of sp³-hybridized carbons (Fsp3) is 0.0851. The van der Waals surface area contributed by atoms with E-state index < -0.39 is 0 Å². The molecule has 0 spiro atoms. The highest BCUT2D eigenvalue weighted by atomic mass is 15.2. The maximum Gasteiger partial charge on any atom is 0.0630 e. The van der Waals surface area contributed by atoms with E-state index in [0.717, 1.165) is 12.1 Å². The highest BCUT2D eigenvalue weighted by Crippen LogP contribution is 2.52. The minimum atomic E-state index is 0.145. The van der Waals surface area contributed by atoms with Crippen LogP contribution in [0.4, 0.5) is 11.4 Å². The van der Waals surface area contributed by atoms with Gasteiger partial charge in [-0.05, 0) is 229 Å². The van der Waals surface area contributed by atoms with Gasteiger partial charge in [-0.15, -0.1) is 0 Å². The van der Waals surface area contributed by atoms with Gasteiger partial charge in [0.05, 0.1) is 17.3 Å². The molecule has 0 fully saturated rings. The van der Waals surface area contributed by atoms with E-state index in [2.05, 4.69) is 371 Å². The Morgan fingerprint density at radius 2 is 1.05 bits per heavy atom. The molecule has 4 aliphatic rings. The van der Waals surface area contributed by atoms with Crippen molar-refractivity contribution in [3.05, 3.63) is 379 Å². The molecule has 2 heterocycles. The van der Waals surface area contributed by atoms with E-state index in [1.165, 1.54) is 161 Å². The summed E-state index contributed by atoms with van der Waals surface area (Å²) >= 11 is 0. The van der Waals surface area contributed by atoms with Gasteiger partial charge in [-0.25, -0.2) is 0 Å². The Morgan fingerprint density at radius 1 is 0.479 bits per heavy atom. The first-order valence-corrected chi connectivity index (χ1v) is 33.8. The number of fused-ring (bicyclic) bond motifs is 11. The van der Waals surface area contributed by atoms with Crippen LogP contribution >= 0.6 is 0 Å². The fourth-order valence-corrected chi connectivity index (χ4v) is 15.3. The van der Waals surface area contributed by atoms with E-state index in [1.807, 2.05) is 6.08 Å². The summed E-state index contributed by atoms with van der Waals surface area (Å²) in [4.78, 5) is 2.55. The molecule has 0 bridgehead atoms. The van der Waals surface area contributed by atoms with Crippen LogP contribution in [0.2, 0.25) is 0 Å². The molecule has 3 unspecified atom stereocenters. The van der Waals surface area contributed by atoms with E-state index >= 15 is 0 Å². The third-order valence-corrected chi connectivity index (χ3v) is 20.1. The maximum absolute atomic E-state index is 4.02. The number of benzene rings is 12. The number of hydrogen-bond acceptors (Lipinski definition) is 1. The van der Waals surface area contributed by atoms with Crippen molar-refractivity contribution in [2.24, 2.45) is 5.92 Å². The molecular formula is C94H74N2. The van der Waals surface area contributed by atoms with Crippen molar-refractivity contribution in [1.82, 2.24) is 4.57 Å². The van der Waals surface area contributed by atoms with Crippen LogP contribution in [0.15, 0.2) is 345 Å². The molecule has 2 nitrogen and oxygen atoms in total. The monoisotopic (exact) mass is 1230 g/mol. The predicted octanol–water partition coefficient (Wildman–Crippen LogP) is 25.3. The van der Waals surface area contributed by atoms with Gasteiger partial charge in [0, 0.05) is 39.8 Å². The van der Waals surface area contributed by atoms with Crippen LogP contribution in [0.5, 0.6) is 0 Å². The molecule has 0 radical (unpaired) electrons. The van der Waals surface area contributed by atoms with Crippen molar-refractivity contribution in [3.63, 3.8) is 0 Å². The van der Waals surface area contributed by atoms with E-state index in [0.29, 0.717) is 5.92 Å². The van der Waals surface area contributed by atoms with Gasteiger partial charge >= 0.3 is 0 Å². The first-order chi connectivity index (χ1) is 47.2. The summed E-state index contributed by atoms with van der Waals surface area (Å²) in [5.74, 6) is 0.580. The molecule has 1 aromatic heterocycles. The standard InChI is InChI=1S/C70H54N2.C24H20/c1-4-13-47(14-5-2)54-31-37-65-63(44-54)69-61-19-11-9-17-52(61)29-39-67(69)71(65)59-33-25-50(26-34-59)57-41-56(49-23-21-46(3)22-24-49)42-58(43-57)51-27-35-60(36-28-51)72-66-38-32-55(48-15-7-6-8-16-48)45-64(66)70-62-20-12-10-18-53(62)30-40-68(70)72;1-17-12-15-21(19-8-4-3-5-9-19)16-23(17)24-18(2)13-14-20-10-6-7-11-22(20)24/h4-17,19-45,53,63,65H,1,18H2,2-3H3;3-16H,1-2H3/b14-5-,47-13+;. The molecule has 0 saturated heterocycles. The zero-order valence-electron chi connectivity index (χ0n) is 54.8. The number of allylic oxidation sites excluding steroid dienone is 12. The van der Waals surface area contributed by atoms with Crippen LogP contribution in [0, 0.1) is 26.7 Å². The summed E-state index contributed by atoms with van der Waals surface area (Å²) < 4.78 is 2.47. The topological polar surface area (TPSA) is 8.17 Å². The van der Waals surface area contributed by atoms with Gasteiger partial charge < -0.3 is 9.47 Å². The number of hydrogen-bond donors (Lipinski definition) is 0. The number of rotatable bonds is 11. The second-order valence-corrected chi connectivity index (χ2v) is 26.0. The Bertz CT molecular complexity index is 5410. The summed E-state index contributed by atoms with van der Waals surface area (Å²) in [6.45, 7) is 12.7. The summed E-state index contributed by atoms with van der Waals surface area (Å²) in [7, 11) is 0. The molecule has 96 heavy (non-hydrogen) atoms. The molecule has 12 aromatic carbocycles. The van der Waals surface area contributed by atoms with Gasteiger partial charge in [0.2, 0.25) is 0 Å². The lowest BCUT2D eigenvalue weighted by Crippen LogP contribution is -2.29. The predicted molar refractivity (Wildman–Crippen MR) is 411 cm³/mol. The van der Waals surface area contributed by atoms with Crippen LogP contribution < -0.4 is 4.90 Å². The number of aryl methyl sites for hydroxylation is 3. The lowest BCUT2D eigenvalue weighted by molar-refractivity contribution is 0.742. The molecule has 0 N–H and O–H groups in total. The molecule has 0 saturated carbocycles. The number of nitrogens with zero attached hydrogens (tertiary/aromatic N) is 2. The van der Waals surface area contributed by atoms with Gasteiger partial charge in [0.15, 0.2) is 0 Å². The Kier molecular flexibility index (Phi) is 15.7. The summed E-state index contributed by atoms with van der Waals surface area (Å²) in [6.07, 6.45) is 28.1. The third-order valence-electron chi connectivity index (χ3n) is 20.1. The van der Waals surface area contributed by atoms with Gasteiger partial charge in [-0.2, -0.15) is 0 Å². The molecule has 460 valence electrons. The summed E-state index contributed by atoms with van der Waals surface area (Å²) in [6, 6.07) is 96.3. The van der Waals surface area contributed by atoms with Gasteiger partial charge in [-0.3, -0.25) is 0 Å². The zero-order chi connectivity index (χ0) is 64.8. The van der Waals surface area contributed by atoms with Crippen LogP contribution in [-0.2, 0) is 0 Å². The minimum absolute atomic E-state index is 0.145. The largest absolute Gasteiger partial charge is 0.333 e. The van der Waals surface area contributed by atoms with Crippen LogP contribution in [-0.4, -0.2) is 10.6 Å². The fourth-order valence-electron chi connectivity index (χ4n) is 15.3. The average Bonchev–Trinajstić information content (AvgIpc) is 1.58. The highest BCUT2D eigenvalue weighted by molar-refractivity contribution is 6.04. The van der Waals surface area contributed by atoms with Crippen molar-refractivity contribution in [2.75, 3.05) is 4.90 Å². The Morgan fingerprint density at radius 3 is 1.73 bits per heavy atom. The van der Waals surface area contributed by atoms with Gasteiger partial charge in [-0.1, -0.05) is 273 Å². The van der Waals surface area contributed by atoms with E-state index in [-0.39, 0.29) is 12.0 Å². The Balaban J connectivity index is 0.000000253. The Hall–Kier alpha value is -11.6. The van der Waals surface area contributed by atoms with Crippen molar-refractivity contribution < 1.29 is 0 Å². The molecule has 17 rings (SSSR count). The zero-order valence-corrected chi connectivity index (χ0v) is 54.8. The van der Waals surface area contributed by atoms with Crippen molar-refractivity contribution in [3.8, 4) is 72.4 Å². The first kappa shape index (κ1) is 59.4. The molecule has 3 aliphatic carbocycles. The number of anilines is 2. The quantitative estimate of drug-likeness (QED) is 0.117. The summed E-state index contributed by atoms with van der Waals surface area (Å²) in [5.41, 5.74) is 31.3. The molecule has 0 amide bonds. The lowest BCUT2D eigenvalue weighted by Gasteiger charge is -2.30. The van der Waals surface area contributed by atoms with Crippen LogP contribution in [0.3, 0.4) is 0 Å². The van der Waals surface area contributed by atoms with Crippen molar-refractivity contribution in [2.45, 2.75) is 46.1 Å². The maximum atomic E-state index is 4.02. The smallest absolute Gasteiger partial charge is 0.0630 e. The SMILES string of the molecule is C=C/C=C(\C=C/C)C1=CC2c3c(ccc4ccccc34)N(c3ccc(-c4cc(-c5ccc(C)cc5)cc(-c5ccc(-n6c7c(c8cc(-c9ccccc9)ccc86)C6=CC=CCC6C=C7)cc5)c4)cc3)C2C=C1.Cc1ccc(-c2ccccc2)cc1-c1c(C)ccc2ccccc12. The van der Waals surface area contributed by atoms with Gasteiger partial charge in [0.1, 0.15) is 0 Å². The normalized spacial score (nSPS) is 16.0. The van der Waals surface area contributed by atoms with E-state index in [4.69, 9.17) is 0 Å². The first-order valence-electron chi connectivity index (χ1n) is 33.8. The lowest BCUT2D eigenvalue weighted by atomic mass is 9.81. The molecule has 2 heteroatoms. The minimum Gasteiger partial charge on any atom is -0.333 e. The third kappa shape index (κ3) is 10.9. The molecule has 1 aliphatic heterocycles. The van der Waals surface area contributed by atoms with Crippen LogP contribution in [0.1, 0.15) is 52.8 Å². The molecular weight excluding hydrogens is 1160 g/mol. The van der Waals surface area contributed by atoms with Crippen molar-refractivity contribution >= 4 is 55.5 Å². The van der Waals surface area contributed by atoms with Gasteiger partial charge in [0.25, 0.3) is 0 Å².